The van der Waals surface area contributed by atoms with Crippen LogP contribution in [0.1, 0.15) is 10.4 Å². The summed E-state index contributed by atoms with van der Waals surface area (Å²) in [6, 6.07) is 3.96. The van der Waals surface area contributed by atoms with Gasteiger partial charge in [-0.2, -0.15) is 0 Å². The minimum atomic E-state index is -1.19. The topological polar surface area (TPSA) is 78.4 Å². The minimum absolute atomic E-state index is 0.0800. The Morgan fingerprint density at radius 3 is 2.60 bits per heavy atom. The Kier molecular flexibility index (Phi) is 3.51. The Labute approximate surface area is 91.0 Å². The molecule has 1 aromatic carbocycles. The normalized spacial score (nSPS) is 9.47. The first-order chi connectivity index (χ1) is 7.06. The van der Waals surface area contributed by atoms with Crippen molar-refractivity contribution >= 4 is 29.3 Å². The Morgan fingerprint density at radius 1 is 1.40 bits per heavy atom. The van der Waals surface area contributed by atoms with Crippen molar-refractivity contribution in [1.82, 2.24) is 5.32 Å². The van der Waals surface area contributed by atoms with Gasteiger partial charge in [-0.15, -0.1) is 0 Å². The predicted molar refractivity (Wildman–Crippen MR) is 56.5 cm³/mol. The van der Waals surface area contributed by atoms with Gasteiger partial charge in [0, 0.05) is 7.05 Å². The summed E-state index contributed by atoms with van der Waals surface area (Å²) in [5, 5.41) is 13.6. The van der Waals surface area contributed by atoms with E-state index in [-0.39, 0.29) is 16.3 Å². The largest absolute Gasteiger partial charge is 0.478 e. The summed E-state index contributed by atoms with van der Waals surface area (Å²) in [5.41, 5.74) is 0.0390. The number of nitrogens with one attached hydrogen (secondary N) is 2. The summed E-state index contributed by atoms with van der Waals surface area (Å²) in [5.74, 6) is -1.19. The summed E-state index contributed by atoms with van der Waals surface area (Å²) in [7, 11) is 1.43. The van der Waals surface area contributed by atoms with Crippen LogP contribution in [0, 0.1) is 0 Å². The molecule has 0 aliphatic heterocycles. The molecule has 3 N–H and O–H groups in total. The van der Waals surface area contributed by atoms with Gasteiger partial charge in [0.2, 0.25) is 0 Å². The average molecular weight is 229 g/mol. The van der Waals surface area contributed by atoms with Crippen molar-refractivity contribution in [2.45, 2.75) is 0 Å². The Balaban J connectivity index is 3.11. The Morgan fingerprint density at radius 2 is 2.07 bits per heavy atom. The minimum Gasteiger partial charge on any atom is -0.478 e. The number of halogens is 1. The smallest absolute Gasteiger partial charge is 0.339 e. The molecule has 0 heterocycles. The van der Waals surface area contributed by atoms with E-state index in [0.717, 1.165) is 0 Å². The summed E-state index contributed by atoms with van der Waals surface area (Å²) in [4.78, 5) is 21.9. The highest BCUT2D eigenvalue weighted by atomic mass is 35.5. The third kappa shape index (κ3) is 2.60. The van der Waals surface area contributed by atoms with Crippen molar-refractivity contribution < 1.29 is 14.7 Å². The zero-order valence-corrected chi connectivity index (χ0v) is 8.63. The third-order valence-electron chi connectivity index (χ3n) is 1.70. The number of anilines is 1. The molecule has 2 amide bonds. The fourth-order valence-corrected chi connectivity index (χ4v) is 1.29. The molecule has 6 heteroatoms. The highest BCUT2D eigenvalue weighted by Gasteiger charge is 2.15. The van der Waals surface area contributed by atoms with Crippen molar-refractivity contribution in [3.8, 4) is 0 Å². The molecule has 0 aliphatic carbocycles. The van der Waals surface area contributed by atoms with Gasteiger partial charge >= 0.3 is 12.0 Å². The number of carboxylic acids is 1. The van der Waals surface area contributed by atoms with E-state index in [1.165, 1.54) is 19.2 Å². The van der Waals surface area contributed by atoms with Gasteiger partial charge < -0.3 is 15.7 Å². The molecule has 1 rings (SSSR count). The molecule has 0 saturated carbocycles. The first-order valence-electron chi connectivity index (χ1n) is 4.06. The van der Waals surface area contributed by atoms with Crippen molar-refractivity contribution in [2.24, 2.45) is 0 Å². The quantitative estimate of drug-likeness (QED) is 0.722. The lowest BCUT2D eigenvalue weighted by Gasteiger charge is -2.08. The molecule has 0 unspecified atom stereocenters. The molecule has 0 fully saturated rings. The van der Waals surface area contributed by atoms with Gasteiger partial charge in [0.1, 0.15) is 5.56 Å². The van der Waals surface area contributed by atoms with Crippen LogP contribution in [0.5, 0.6) is 0 Å². The van der Waals surface area contributed by atoms with E-state index in [4.69, 9.17) is 16.7 Å². The molecule has 0 aromatic heterocycles. The maximum atomic E-state index is 11.0. The lowest BCUT2D eigenvalue weighted by atomic mass is 10.2. The number of carbonyl (C=O) groups is 2. The van der Waals surface area contributed by atoms with Crippen LogP contribution in [-0.2, 0) is 0 Å². The fourth-order valence-electron chi connectivity index (χ4n) is 1.03. The van der Waals surface area contributed by atoms with E-state index in [9.17, 15) is 9.59 Å². The van der Waals surface area contributed by atoms with E-state index < -0.39 is 12.0 Å². The van der Waals surface area contributed by atoms with E-state index in [2.05, 4.69) is 10.6 Å². The SMILES string of the molecule is CNC(=O)Nc1cccc(Cl)c1C(=O)O. The summed E-state index contributed by atoms with van der Waals surface area (Å²) in [6.07, 6.45) is 0. The standard InChI is InChI=1S/C9H9ClN2O3/c1-11-9(15)12-6-4-2-3-5(10)7(6)8(13)14/h2-4H,1H3,(H,13,14)(H2,11,12,15). The van der Waals surface area contributed by atoms with Gasteiger partial charge in [0.05, 0.1) is 10.7 Å². The average Bonchev–Trinajstić information content (AvgIpc) is 2.17. The van der Waals surface area contributed by atoms with Gasteiger partial charge in [0.25, 0.3) is 0 Å². The number of rotatable bonds is 2. The van der Waals surface area contributed by atoms with Crippen molar-refractivity contribution in [3.63, 3.8) is 0 Å². The fraction of sp³-hybridized carbons (Fsp3) is 0.111. The summed E-state index contributed by atoms with van der Waals surface area (Å²) < 4.78 is 0. The van der Waals surface area contributed by atoms with Crippen LogP contribution < -0.4 is 10.6 Å². The lowest BCUT2D eigenvalue weighted by molar-refractivity contribution is 0.0698. The molecular formula is C9H9ClN2O3. The second-order valence-corrected chi connectivity index (χ2v) is 3.08. The van der Waals surface area contributed by atoms with Crippen LogP contribution in [-0.4, -0.2) is 24.2 Å². The summed E-state index contributed by atoms with van der Waals surface area (Å²) >= 11 is 5.70. The number of carboxylic acid groups (broad SMARTS) is 1. The van der Waals surface area contributed by atoms with Crippen LogP contribution in [0.25, 0.3) is 0 Å². The van der Waals surface area contributed by atoms with Crippen LogP contribution in [0.3, 0.4) is 0 Å². The number of benzene rings is 1. The zero-order valence-electron chi connectivity index (χ0n) is 7.87. The molecular weight excluding hydrogens is 220 g/mol. The summed E-state index contributed by atoms with van der Waals surface area (Å²) in [6.45, 7) is 0. The molecule has 80 valence electrons. The van der Waals surface area contributed by atoms with E-state index in [0.29, 0.717) is 0 Å². The van der Waals surface area contributed by atoms with Crippen molar-refractivity contribution in [1.29, 1.82) is 0 Å². The van der Waals surface area contributed by atoms with Crippen LogP contribution >= 0.6 is 11.6 Å². The highest BCUT2D eigenvalue weighted by Crippen LogP contribution is 2.24. The van der Waals surface area contributed by atoms with Crippen molar-refractivity contribution in [2.75, 3.05) is 12.4 Å². The van der Waals surface area contributed by atoms with Crippen LogP contribution in [0.2, 0.25) is 5.02 Å². The molecule has 0 saturated heterocycles. The lowest BCUT2D eigenvalue weighted by Crippen LogP contribution is -2.25. The van der Waals surface area contributed by atoms with Gasteiger partial charge in [-0.3, -0.25) is 0 Å². The maximum Gasteiger partial charge on any atom is 0.339 e. The Bertz CT molecular complexity index is 406. The second-order valence-electron chi connectivity index (χ2n) is 2.67. The first kappa shape index (κ1) is 11.3. The van der Waals surface area contributed by atoms with Gasteiger partial charge in [-0.05, 0) is 12.1 Å². The number of carbonyl (C=O) groups excluding carboxylic acids is 1. The number of hydrogen-bond donors (Lipinski definition) is 3. The molecule has 0 bridgehead atoms. The molecule has 5 nitrogen and oxygen atoms in total. The van der Waals surface area contributed by atoms with E-state index in [1.54, 1.807) is 6.07 Å². The number of amides is 2. The highest BCUT2D eigenvalue weighted by molar-refractivity contribution is 6.34. The van der Waals surface area contributed by atoms with Gasteiger partial charge in [0.15, 0.2) is 0 Å². The van der Waals surface area contributed by atoms with Gasteiger partial charge in [-0.25, -0.2) is 9.59 Å². The monoisotopic (exact) mass is 228 g/mol. The second kappa shape index (κ2) is 4.65. The molecule has 1 aromatic rings. The zero-order chi connectivity index (χ0) is 11.4. The Hall–Kier alpha value is -1.75. The molecule has 15 heavy (non-hydrogen) atoms. The van der Waals surface area contributed by atoms with Crippen LogP contribution in [0.4, 0.5) is 10.5 Å². The van der Waals surface area contributed by atoms with Crippen LogP contribution in [0.15, 0.2) is 18.2 Å². The van der Waals surface area contributed by atoms with Gasteiger partial charge in [-0.1, -0.05) is 17.7 Å². The molecule has 0 spiro atoms. The number of urea groups is 1. The molecule has 0 aliphatic rings. The first-order valence-corrected chi connectivity index (χ1v) is 4.44. The molecule has 0 radical (unpaired) electrons. The molecule has 0 atom stereocenters. The maximum absolute atomic E-state index is 11.0. The van der Waals surface area contributed by atoms with E-state index >= 15 is 0 Å². The number of aromatic carboxylic acids is 1. The number of hydrogen-bond acceptors (Lipinski definition) is 2. The van der Waals surface area contributed by atoms with E-state index in [1.807, 2.05) is 0 Å². The van der Waals surface area contributed by atoms with Crippen molar-refractivity contribution in [3.05, 3.63) is 28.8 Å². The third-order valence-corrected chi connectivity index (χ3v) is 2.02. The predicted octanol–water partition coefficient (Wildman–Crippen LogP) is 1.79.